The first-order valence-electron chi connectivity index (χ1n) is 11.4. The maximum atomic E-state index is 11.8. The van der Waals surface area contributed by atoms with Gasteiger partial charge in [-0.3, -0.25) is 4.90 Å². The van der Waals surface area contributed by atoms with E-state index in [-0.39, 0.29) is 0 Å². The van der Waals surface area contributed by atoms with Crippen molar-refractivity contribution < 1.29 is 13.7 Å². The second kappa shape index (κ2) is 8.86. The van der Waals surface area contributed by atoms with Crippen LogP contribution in [-0.4, -0.2) is 64.7 Å². The summed E-state index contributed by atoms with van der Waals surface area (Å²) in [5, 5.41) is 0. The van der Waals surface area contributed by atoms with Gasteiger partial charge < -0.3 is 14.4 Å². The van der Waals surface area contributed by atoms with E-state index in [2.05, 4.69) is 38.0 Å². The first-order valence-corrected chi connectivity index (χ1v) is 13.4. The van der Waals surface area contributed by atoms with Crippen LogP contribution < -0.4 is 14.4 Å². The van der Waals surface area contributed by atoms with E-state index in [1.54, 1.807) is 0 Å². The van der Waals surface area contributed by atoms with Crippen LogP contribution in [0.2, 0.25) is 0 Å². The molecule has 9 heteroatoms. The van der Waals surface area contributed by atoms with Gasteiger partial charge >= 0.3 is 0 Å². The SMILES string of the molecule is CS(=N)(=O)c1cnc(N2CCC(CN3CCC[C@H]3c3ccc4c(c3)OCCO4)CC2)nc1. The minimum atomic E-state index is -2.77. The van der Waals surface area contributed by atoms with Crippen molar-refractivity contribution in [3.63, 3.8) is 0 Å². The molecule has 172 valence electrons. The van der Waals surface area contributed by atoms with E-state index in [4.69, 9.17) is 14.3 Å². The highest BCUT2D eigenvalue weighted by Crippen LogP contribution is 2.39. The first-order chi connectivity index (χ1) is 15.5. The van der Waals surface area contributed by atoms with Gasteiger partial charge in [-0.15, -0.1) is 0 Å². The zero-order valence-corrected chi connectivity index (χ0v) is 19.4. The molecule has 0 bridgehead atoms. The molecule has 32 heavy (non-hydrogen) atoms. The summed E-state index contributed by atoms with van der Waals surface area (Å²) in [6, 6.07) is 6.88. The number of piperidine rings is 1. The molecule has 1 aromatic heterocycles. The number of anilines is 1. The molecule has 0 aliphatic carbocycles. The summed E-state index contributed by atoms with van der Waals surface area (Å²) in [4.78, 5) is 14.0. The van der Waals surface area contributed by atoms with Crippen LogP contribution in [0.4, 0.5) is 5.95 Å². The van der Waals surface area contributed by atoms with E-state index in [1.165, 1.54) is 37.1 Å². The molecular weight excluding hydrogens is 426 g/mol. The number of likely N-dealkylation sites (tertiary alicyclic amines) is 1. The van der Waals surface area contributed by atoms with Crippen molar-refractivity contribution in [1.82, 2.24) is 14.9 Å². The Morgan fingerprint density at radius 2 is 1.78 bits per heavy atom. The Morgan fingerprint density at radius 3 is 2.50 bits per heavy atom. The third-order valence-electron chi connectivity index (χ3n) is 6.77. The van der Waals surface area contributed by atoms with E-state index in [0.29, 0.717) is 36.0 Å². The monoisotopic (exact) mass is 457 g/mol. The normalized spacial score (nSPS) is 23.8. The van der Waals surface area contributed by atoms with Gasteiger partial charge in [0.15, 0.2) is 11.5 Å². The van der Waals surface area contributed by atoms with Crippen LogP contribution in [0, 0.1) is 10.7 Å². The molecule has 3 aliphatic rings. The number of fused-ring (bicyclic) bond motifs is 1. The predicted molar refractivity (Wildman–Crippen MR) is 123 cm³/mol. The van der Waals surface area contributed by atoms with Gasteiger partial charge in [0.05, 0.1) is 14.6 Å². The van der Waals surface area contributed by atoms with Crippen molar-refractivity contribution in [3.8, 4) is 11.5 Å². The number of rotatable bonds is 5. The first kappa shape index (κ1) is 21.5. The zero-order chi connectivity index (χ0) is 22.1. The highest BCUT2D eigenvalue weighted by molar-refractivity contribution is 7.91. The van der Waals surface area contributed by atoms with Crippen LogP contribution >= 0.6 is 0 Å². The molecule has 8 nitrogen and oxygen atoms in total. The summed E-state index contributed by atoms with van der Waals surface area (Å²) < 4.78 is 31.0. The number of nitrogens with one attached hydrogen (secondary N) is 1. The number of hydrogen-bond acceptors (Lipinski definition) is 8. The number of nitrogens with zero attached hydrogens (tertiary/aromatic N) is 4. The lowest BCUT2D eigenvalue weighted by Crippen LogP contribution is -2.39. The Kier molecular flexibility index (Phi) is 5.94. The summed E-state index contributed by atoms with van der Waals surface area (Å²) >= 11 is 0. The quantitative estimate of drug-likeness (QED) is 0.736. The molecule has 1 unspecified atom stereocenters. The zero-order valence-electron chi connectivity index (χ0n) is 18.5. The minimum Gasteiger partial charge on any atom is -0.486 e. The second-order valence-corrected chi connectivity index (χ2v) is 11.2. The van der Waals surface area contributed by atoms with Gasteiger partial charge in [0.1, 0.15) is 13.2 Å². The number of ether oxygens (including phenoxy) is 2. The van der Waals surface area contributed by atoms with Gasteiger partial charge in [0, 0.05) is 44.3 Å². The van der Waals surface area contributed by atoms with Crippen molar-refractivity contribution in [2.45, 2.75) is 36.6 Å². The molecule has 0 amide bonds. The summed E-state index contributed by atoms with van der Waals surface area (Å²) in [6.45, 7) is 5.36. The van der Waals surface area contributed by atoms with E-state index < -0.39 is 9.73 Å². The fourth-order valence-corrected chi connectivity index (χ4v) is 5.52. The van der Waals surface area contributed by atoms with Crippen LogP contribution in [0.1, 0.15) is 37.3 Å². The van der Waals surface area contributed by atoms with Crippen molar-refractivity contribution in [1.29, 1.82) is 4.78 Å². The highest BCUT2D eigenvalue weighted by Gasteiger charge is 2.31. The summed E-state index contributed by atoms with van der Waals surface area (Å²) in [5.41, 5.74) is 1.33. The maximum absolute atomic E-state index is 11.8. The largest absolute Gasteiger partial charge is 0.486 e. The Hall–Kier alpha value is -2.39. The fourth-order valence-electron chi connectivity index (χ4n) is 5.01. The summed E-state index contributed by atoms with van der Waals surface area (Å²) in [5.74, 6) is 3.07. The topological polar surface area (TPSA) is 91.6 Å². The molecular formula is C23H31N5O3S. The third kappa shape index (κ3) is 4.54. The van der Waals surface area contributed by atoms with Crippen LogP contribution in [0.25, 0.3) is 0 Å². The van der Waals surface area contributed by atoms with Crippen molar-refractivity contribution >= 4 is 15.7 Å². The average molecular weight is 458 g/mol. The highest BCUT2D eigenvalue weighted by atomic mass is 32.2. The standard InChI is InChI=1S/C23H31N5O3S/c1-32(24,29)19-14-25-23(26-15-19)27-9-6-17(7-10-27)16-28-8-2-3-20(28)18-4-5-21-22(13-18)31-12-11-30-21/h4-5,13-15,17,20,24H,2-3,6-12,16H2,1H3/t20-,32?/m0/s1. The van der Waals surface area contributed by atoms with Crippen molar-refractivity contribution in [2.24, 2.45) is 5.92 Å². The molecule has 5 rings (SSSR count). The van der Waals surface area contributed by atoms with Crippen molar-refractivity contribution in [3.05, 3.63) is 36.2 Å². The van der Waals surface area contributed by atoms with Crippen LogP contribution in [0.3, 0.4) is 0 Å². The van der Waals surface area contributed by atoms with Gasteiger partial charge in [0.2, 0.25) is 5.95 Å². The molecule has 1 N–H and O–H groups in total. The molecule has 2 aromatic rings. The van der Waals surface area contributed by atoms with E-state index in [9.17, 15) is 4.21 Å². The van der Waals surface area contributed by atoms with E-state index in [0.717, 1.165) is 50.5 Å². The molecule has 0 saturated carbocycles. The van der Waals surface area contributed by atoms with E-state index >= 15 is 0 Å². The lowest BCUT2D eigenvalue weighted by Gasteiger charge is -2.35. The molecule has 1 aromatic carbocycles. The van der Waals surface area contributed by atoms with Crippen LogP contribution in [0.15, 0.2) is 35.5 Å². The Balaban J connectivity index is 1.18. The fraction of sp³-hybridized carbons (Fsp3) is 0.565. The maximum Gasteiger partial charge on any atom is 0.225 e. The average Bonchev–Trinajstić information content (AvgIpc) is 3.27. The van der Waals surface area contributed by atoms with Gasteiger partial charge in [-0.2, -0.15) is 0 Å². The smallest absolute Gasteiger partial charge is 0.225 e. The van der Waals surface area contributed by atoms with Gasteiger partial charge in [-0.1, -0.05) is 6.07 Å². The third-order valence-corrected chi connectivity index (χ3v) is 7.88. The molecule has 4 heterocycles. The Labute approximate surface area is 189 Å². The molecule has 2 saturated heterocycles. The molecule has 2 fully saturated rings. The van der Waals surface area contributed by atoms with Crippen LogP contribution in [0.5, 0.6) is 11.5 Å². The van der Waals surface area contributed by atoms with Gasteiger partial charge in [-0.05, 0) is 55.8 Å². The summed E-state index contributed by atoms with van der Waals surface area (Å²) in [6.07, 6.45) is 9.10. The van der Waals surface area contributed by atoms with Gasteiger partial charge in [-0.25, -0.2) is 19.0 Å². The molecule has 2 atom stereocenters. The second-order valence-electron chi connectivity index (χ2n) is 9.05. The molecule has 3 aliphatic heterocycles. The number of aromatic nitrogens is 2. The lowest BCUT2D eigenvalue weighted by molar-refractivity contribution is 0.169. The Morgan fingerprint density at radius 1 is 1.06 bits per heavy atom. The number of benzene rings is 1. The van der Waals surface area contributed by atoms with E-state index in [1.807, 2.05) is 0 Å². The Bertz CT molecular complexity index is 1050. The van der Waals surface area contributed by atoms with Gasteiger partial charge in [0.25, 0.3) is 0 Å². The molecule has 0 radical (unpaired) electrons. The van der Waals surface area contributed by atoms with Crippen LogP contribution in [-0.2, 0) is 9.73 Å². The number of hydrogen-bond donors (Lipinski definition) is 1. The molecule has 0 spiro atoms. The summed E-state index contributed by atoms with van der Waals surface area (Å²) in [7, 11) is -2.77. The lowest BCUT2D eigenvalue weighted by atomic mass is 9.95. The minimum absolute atomic E-state index is 0.385. The van der Waals surface area contributed by atoms with Crippen molar-refractivity contribution in [2.75, 3.05) is 50.5 Å². The predicted octanol–water partition coefficient (Wildman–Crippen LogP) is 3.34.